The fourth-order valence-corrected chi connectivity index (χ4v) is 10.7. The van der Waals surface area contributed by atoms with Crippen molar-refractivity contribution in [1.29, 1.82) is 0 Å². The predicted molar refractivity (Wildman–Crippen MR) is 157 cm³/mol. The quantitative estimate of drug-likeness (QED) is 0.282. The van der Waals surface area contributed by atoms with Crippen LogP contribution in [0.1, 0.15) is 125 Å². The number of fused-ring (bicyclic) bond motifs is 5. The summed E-state index contributed by atoms with van der Waals surface area (Å²) in [6.07, 6.45) is 28.0. The summed E-state index contributed by atoms with van der Waals surface area (Å²) in [5.41, 5.74) is 3.50. The summed E-state index contributed by atoms with van der Waals surface area (Å²) in [6, 6.07) is 0. The first-order valence-electron chi connectivity index (χ1n) is 16.4. The first-order chi connectivity index (χ1) is 17.4. The van der Waals surface area contributed by atoms with E-state index in [0.717, 1.165) is 59.2 Å². The molecule has 36 heavy (non-hydrogen) atoms. The van der Waals surface area contributed by atoms with Crippen molar-refractivity contribution in [2.24, 2.45) is 64.6 Å². The topological polar surface area (TPSA) is 0 Å². The van der Waals surface area contributed by atoms with Crippen LogP contribution in [0.15, 0.2) is 36.0 Å². The molecule has 0 spiro atoms. The Morgan fingerprint density at radius 2 is 1.75 bits per heavy atom. The molecule has 5 rings (SSSR count). The maximum absolute atomic E-state index is 4.37. The molecular weight excluding hydrogens is 432 g/mol. The summed E-state index contributed by atoms with van der Waals surface area (Å²) in [5, 5.41) is 0. The van der Waals surface area contributed by atoms with Gasteiger partial charge in [-0.05, 0) is 136 Å². The first kappa shape index (κ1) is 26.8. The number of unbranched alkanes of at least 4 members (excludes halogenated alkanes) is 1. The van der Waals surface area contributed by atoms with Crippen LogP contribution in [0.4, 0.5) is 0 Å². The molecule has 0 bridgehead atoms. The lowest BCUT2D eigenvalue weighted by atomic mass is 9.48. The number of rotatable bonds is 9. The molecular formula is C36H58. The van der Waals surface area contributed by atoms with Crippen LogP contribution in [0.2, 0.25) is 0 Å². The summed E-state index contributed by atoms with van der Waals surface area (Å²) < 4.78 is 0. The number of allylic oxidation sites excluding steroid dienone is 5. The Balaban J connectivity index is 1.20. The van der Waals surface area contributed by atoms with E-state index >= 15 is 0 Å². The van der Waals surface area contributed by atoms with Crippen LogP contribution < -0.4 is 0 Å². The maximum atomic E-state index is 4.37. The summed E-state index contributed by atoms with van der Waals surface area (Å²) in [5.74, 6) is 9.70. The molecule has 0 heteroatoms. The van der Waals surface area contributed by atoms with Crippen LogP contribution >= 0.6 is 0 Å². The van der Waals surface area contributed by atoms with Gasteiger partial charge in [0.2, 0.25) is 0 Å². The van der Waals surface area contributed by atoms with Crippen molar-refractivity contribution >= 4 is 0 Å². The summed E-state index contributed by atoms with van der Waals surface area (Å²) in [4.78, 5) is 0. The van der Waals surface area contributed by atoms with E-state index < -0.39 is 0 Å². The molecule has 11 atom stereocenters. The minimum Gasteiger partial charge on any atom is -0.0955 e. The average molecular weight is 491 g/mol. The highest BCUT2D eigenvalue weighted by molar-refractivity contribution is 5.30. The zero-order chi connectivity index (χ0) is 25.4. The van der Waals surface area contributed by atoms with E-state index in [2.05, 4.69) is 59.4 Å². The fraction of sp³-hybridized carbons (Fsp3) is 0.833. The third kappa shape index (κ3) is 5.23. The van der Waals surface area contributed by atoms with Gasteiger partial charge in [0, 0.05) is 0 Å². The van der Waals surface area contributed by atoms with Gasteiger partial charge in [-0.15, -0.1) is 0 Å². The van der Waals surface area contributed by atoms with E-state index in [4.69, 9.17) is 0 Å². The lowest BCUT2D eigenvalue weighted by molar-refractivity contribution is -0.0740. The van der Waals surface area contributed by atoms with Crippen LogP contribution in [-0.4, -0.2) is 0 Å². The van der Waals surface area contributed by atoms with E-state index in [1.165, 1.54) is 62.5 Å². The fourth-order valence-electron chi connectivity index (χ4n) is 10.7. The molecule has 0 radical (unpaired) electrons. The van der Waals surface area contributed by atoms with Crippen molar-refractivity contribution in [3.05, 3.63) is 36.0 Å². The molecule has 0 aromatic rings. The van der Waals surface area contributed by atoms with Crippen LogP contribution in [0.3, 0.4) is 0 Å². The van der Waals surface area contributed by atoms with E-state index in [-0.39, 0.29) is 0 Å². The lowest BCUT2D eigenvalue weighted by Crippen LogP contribution is -2.49. The van der Waals surface area contributed by atoms with Crippen molar-refractivity contribution in [3.63, 3.8) is 0 Å². The van der Waals surface area contributed by atoms with Crippen molar-refractivity contribution in [1.82, 2.24) is 0 Å². The zero-order valence-corrected chi connectivity index (χ0v) is 24.6. The molecule has 0 aromatic heterocycles. The van der Waals surface area contributed by atoms with E-state index in [1.807, 2.05) is 0 Å². The van der Waals surface area contributed by atoms with Crippen molar-refractivity contribution in [2.45, 2.75) is 125 Å². The van der Waals surface area contributed by atoms with Crippen LogP contribution in [0.25, 0.3) is 0 Å². The van der Waals surface area contributed by atoms with Gasteiger partial charge in [0.1, 0.15) is 0 Å². The van der Waals surface area contributed by atoms with Gasteiger partial charge >= 0.3 is 0 Å². The Hall–Kier alpha value is -0.780. The normalized spacial score (nSPS) is 45.1. The Morgan fingerprint density at radius 1 is 0.972 bits per heavy atom. The molecule has 202 valence electrons. The minimum absolute atomic E-state index is 0.599. The van der Waals surface area contributed by atoms with Crippen LogP contribution in [0.5, 0.6) is 0 Å². The third-order valence-electron chi connectivity index (χ3n) is 12.8. The van der Waals surface area contributed by atoms with E-state index in [0.29, 0.717) is 5.41 Å². The van der Waals surface area contributed by atoms with Gasteiger partial charge in [0.25, 0.3) is 0 Å². The predicted octanol–water partition coefficient (Wildman–Crippen LogP) is 10.8. The Labute approximate surface area is 224 Å². The largest absolute Gasteiger partial charge is 0.0955 e. The highest BCUT2D eigenvalue weighted by Gasteiger charge is 2.57. The number of hydrogen-bond donors (Lipinski definition) is 0. The maximum Gasteiger partial charge on any atom is -0.0139 e. The minimum atomic E-state index is 0.599. The molecule has 5 unspecified atom stereocenters. The molecule has 0 aromatic carbocycles. The van der Waals surface area contributed by atoms with Gasteiger partial charge in [-0.25, -0.2) is 0 Å². The third-order valence-corrected chi connectivity index (χ3v) is 12.8. The Kier molecular flexibility index (Phi) is 8.30. The molecule has 0 amide bonds. The number of hydrogen-bond acceptors (Lipinski definition) is 0. The molecule has 5 fully saturated rings. The summed E-state index contributed by atoms with van der Waals surface area (Å²) in [6.45, 7) is 16.7. The summed E-state index contributed by atoms with van der Waals surface area (Å²) >= 11 is 0. The molecule has 0 nitrogen and oxygen atoms in total. The van der Waals surface area contributed by atoms with Gasteiger partial charge in [0.05, 0.1) is 0 Å². The lowest BCUT2D eigenvalue weighted by Gasteiger charge is -2.57. The molecule has 0 saturated heterocycles. The second kappa shape index (κ2) is 11.1. The van der Waals surface area contributed by atoms with Gasteiger partial charge in [-0.1, -0.05) is 89.3 Å². The zero-order valence-electron chi connectivity index (χ0n) is 24.6. The van der Waals surface area contributed by atoms with Crippen molar-refractivity contribution in [2.75, 3.05) is 0 Å². The van der Waals surface area contributed by atoms with Crippen molar-refractivity contribution < 1.29 is 0 Å². The van der Waals surface area contributed by atoms with Gasteiger partial charge in [-0.2, -0.15) is 0 Å². The Bertz CT molecular complexity index is 829. The van der Waals surface area contributed by atoms with Gasteiger partial charge < -0.3 is 0 Å². The SMILES string of the molecule is C=C(/C=C\C(=C/C)C[C@@H](C)[C@H]1CC[C@H]2C3CC[C@@H]4CC(CCCC)CCC4[C@H]3CCC12C)C1C[C@@H]1C. The van der Waals surface area contributed by atoms with Crippen LogP contribution in [0, 0.1) is 64.6 Å². The monoisotopic (exact) mass is 490 g/mol. The van der Waals surface area contributed by atoms with Gasteiger partial charge in [0.15, 0.2) is 0 Å². The molecule has 0 N–H and O–H groups in total. The second-order valence-corrected chi connectivity index (χ2v) is 14.8. The highest BCUT2D eigenvalue weighted by atomic mass is 14.6. The average Bonchev–Trinajstić information content (AvgIpc) is 3.51. The smallest absolute Gasteiger partial charge is 0.0139 e. The van der Waals surface area contributed by atoms with Gasteiger partial charge in [-0.3, -0.25) is 0 Å². The standard InChI is InChI=1S/C36H58/c1-7-9-10-28-13-15-30-29(23-28)14-16-32-31(30)19-20-36(6)34(17-18-35(32)36)26(5)21-27(8-2)12-11-24(3)33-22-25(33)4/h8,11-12,25-26,28-35H,3,7,9-10,13-23H2,1-2,4-6H3/b12-11-,27-8+/t25-,26+,28?,29+,30?,31+,32?,33?,34+,35-,36?/m0/s1. The second-order valence-electron chi connectivity index (χ2n) is 14.8. The Morgan fingerprint density at radius 3 is 2.47 bits per heavy atom. The van der Waals surface area contributed by atoms with Crippen LogP contribution in [-0.2, 0) is 0 Å². The molecule has 0 aliphatic heterocycles. The molecule has 0 heterocycles. The van der Waals surface area contributed by atoms with E-state index in [9.17, 15) is 0 Å². The summed E-state index contributed by atoms with van der Waals surface area (Å²) in [7, 11) is 0. The van der Waals surface area contributed by atoms with E-state index in [1.54, 1.807) is 38.5 Å². The first-order valence-corrected chi connectivity index (χ1v) is 16.4. The molecule has 5 saturated carbocycles. The van der Waals surface area contributed by atoms with Crippen molar-refractivity contribution in [3.8, 4) is 0 Å². The molecule has 5 aliphatic carbocycles. The highest BCUT2D eigenvalue weighted by Crippen LogP contribution is 2.66. The molecule has 5 aliphatic rings.